The molecule has 0 aliphatic carbocycles. The second-order valence-corrected chi connectivity index (χ2v) is 8.30. The third-order valence-corrected chi connectivity index (χ3v) is 6.31. The standard InChI is InChI=1S/C23H19N3O4S/c27-21(19-7-4-14-31-19)25-13-12-18-20(25)22(28)26(23(29)24-18)15-8-10-17(11-9-15)30-16-5-2-1-3-6-16/h1-11,14,18,20H,12-13H2,(H,24,29)/t18-,20-/m1/s1. The maximum Gasteiger partial charge on any atom is 0.329 e. The molecule has 2 fully saturated rings. The van der Waals surface area contributed by atoms with Crippen LogP contribution in [0.25, 0.3) is 0 Å². The zero-order chi connectivity index (χ0) is 21.4. The Balaban J connectivity index is 1.37. The average molecular weight is 433 g/mol. The molecule has 156 valence electrons. The topological polar surface area (TPSA) is 79.0 Å². The lowest BCUT2D eigenvalue weighted by Gasteiger charge is -2.36. The van der Waals surface area contributed by atoms with Crippen LogP contribution in [0.1, 0.15) is 16.1 Å². The van der Waals surface area contributed by atoms with Crippen LogP contribution in [0.5, 0.6) is 11.5 Å². The molecule has 2 aliphatic rings. The van der Waals surface area contributed by atoms with Gasteiger partial charge in [-0.2, -0.15) is 0 Å². The molecule has 2 atom stereocenters. The van der Waals surface area contributed by atoms with E-state index in [0.29, 0.717) is 35.0 Å². The van der Waals surface area contributed by atoms with Crippen molar-refractivity contribution < 1.29 is 19.1 Å². The summed E-state index contributed by atoms with van der Waals surface area (Å²) in [6.45, 7) is 0.426. The second kappa shape index (κ2) is 7.88. The number of nitrogens with one attached hydrogen (secondary N) is 1. The second-order valence-electron chi connectivity index (χ2n) is 7.35. The van der Waals surface area contributed by atoms with Crippen LogP contribution in [-0.2, 0) is 4.79 Å². The number of likely N-dealkylation sites (tertiary alicyclic amines) is 1. The summed E-state index contributed by atoms with van der Waals surface area (Å²) < 4.78 is 5.78. The molecule has 0 spiro atoms. The first-order valence-electron chi connectivity index (χ1n) is 9.94. The molecule has 1 aromatic heterocycles. The van der Waals surface area contributed by atoms with Crippen molar-refractivity contribution >= 4 is 34.9 Å². The van der Waals surface area contributed by atoms with E-state index in [1.165, 1.54) is 11.3 Å². The highest BCUT2D eigenvalue weighted by atomic mass is 32.1. The summed E-state index contributed by atoms with van der Waals surface area (Å²) >= 11 is 1.34. The number of amides is 4. The Hall–Kier alpha value is -3.65. The van der Waals surface area contributed by atoms with Gasteiger partial charge < -0.3 is 15.0 Å². The zero-order valence-corrected chi connectivity index (χ0v) is 17.2. The molecule has 1 N–H and O–H groups in total. The minimum absolute atomic E-state index is 0.182. The van der Waals surface area contributed by atoms with E-state index in [1.807, 2.05) is 35.7 Å². The Morgan fingerprint density at radius 1 is 0.968 bits per heavy atom. The summed E-state index contributed by atoms with van der Waals surface area (Å²) in [5, 5.41) is 4.72. The molecule has 0 unspecified atom stereocenters. The van der Waals surface area contributed by atoms with Crippen molar-refractivity contribution in [2.45, 2.75) is 18.5 Å². The van der Waals surface area contributed by atoms with E-state index < -0.39 is 18.0 Å². The number of anilines is 1. The number of thiophene rings is 1. The Kier molecular flexibility index (Phi) is 4.91. The van der Waals surface area contributed by atoms with Gasteiger partial charge in [0.15, 0.2) is 0 Å². The van der Waals surface area contributed by atoms with Gasteiger partial charge in [0.05, 0.1) is 16.6 Å². The molecule has 7 nitrogen and oxygen atoms in total. The number of carbonyl (C=O) groups is 3. The van der Waals surface area contributed by atoms with Gasteiger partial charge in [-0.1, -0.05) is 24.3 Å². The van der Waals surface area contributed by atoms with Crippen LogP contribution in [0, 0.1) is 0 Å². The summed E-state index contributed by atoms with van der Waals surface area (Å²) in [6, 6.07) is 18.1. The molecule has 4 amide bonds. The molecule has 2 saturated heterocycles. The molecular formula is C23H19N3O4S. The predicted octanol–water partition coefficient (Wildman–Crippen LogP) is 3.88. The third kappa shape index (κ3) is 3.55. The Morgan fingerprint density at radius 2 is 1.71 bits per heavy atom. The van der Waals surface area contributed by atoms with Gasteiger partial charge in [-0.15, -0.1) is 11.3 Å². The fraction of sp³-hybridized carbons (Fsp3) is 0.174. The fourth-order valence-electron chi connectivity index (χ4n) is 4.01. The molecule has 2 aromatic carbocycles. The van der Waals surface area contributed by atoms with Crippen molar-refractivity contribution in [2.24, 2.45) is 0 Å². The van der Waals surface area contributed by atoms with Gasteiger partial charge in [-0.05, 0) is 54.3 Å². The lowest BCUT2D eigenvalue weighted by atomic mass is 10.0. The summed E-state index contributed by atoms with van der Waals surface area (Å²) in [6.07, 6.45) is 0.553. The number of hydrogen-bond acceptors (Lipinski definition) is 5. The largest absolute Gasteiger partial charge is 0.457 e. The maximum absolute atomic E-state index is 13.3. The molecular weight excluding hydrogens is 414 g/mol. The zero-order valence-electron chi connectivity index (χ0n) is 16.4. The molecule has 5 rings (SSSR count). The van der Waals surface area contributed by atoms with Crippen LogP contribution in [0.2, 0.25) is 0 Å². The van der Waals surface area contributed by atoms with E-state index in [9.17, 15) is 14.4 Å². The highest BCUT2D eigenvalue weighted by Crippen LogP contribution is 2.31. The Bertz CT molecular complexity index is 1120. The predicted molar refractivity (Wildman–Crippen MR) is 117 cm³/mol. The summed E-state index contributed by atoms with van der Waals surface area (Å²) in [5.41, 5.74) is 0.428. The quantitative estimate of drug-likeness (QED) is 0.677. The van der Waals surface area contributed by atoms with Crippen molar-refractivity contribution in [1.29, 1.82) is 0 Å². The van der Waals surface area contributed by atoms with E-state index in [1.54, 1.807) is 41.3 Å². The number of fused-ring (bicyclic) bond motifs is 1. The van der Waals surface area contributed by atoms with Gasteiger partial charge in [-0.3, -0.25) is 9.59 Å². The summed E-state index contributed by atoms with van der Waals surface area (Å²) in [7, 11) is 0. The smallest absolute Gasteiger partial charge is 0.329 e. The van der Waals surface area contributed by atoms with E-state index in [0.717, 1.165) is 4.90 Å². The van der Waals surface area contributed by atoms with Crippen molar-refractivity contribution in [2.75, 3.05) is 11.4 Å². The Morgan fingerprint density at radius 3 is 2.42 bits per heavy atom. The number of imide groups is 1. The number of benzene rings is 2. The minimum atomic E-state index is -0.715. The van der Waals surface area contributed by atoms with Crippen molar-refractivity contribution in [3.63, 3.8) is 0 Å². The van der Waals surface area contributed by atoms with E-state index in [-0.39, 0.29) is 11.9 Å². The van der Waals surface area contributed by atoms with Gasteiger partial charge in [-0.25, -0.2) is 9.69 Å². The molecule has 0 radical (unpaired) electrons. The summed E-state index contributed by atoms with van der Waals surface area (Å²) in [5.74, 6) is 0.707. The van der Waals surface area contributed by atoms with Crippen LogP contribution < -0.4 is 15.0 Å². The number of para-hydroxylation sites is 1. The lowest BCUT2D eigenvalue weighted by Crippen LogP contribution is -2.65. The average Bonchev–Trinajstić information content (AvgIpc) is 3.46. The SMILES string of the molecule is O=C1N[C@@H]2CCN(C(=O)c3cccs3)[C@H]2C(=O)N1c1ccc(Oc2ccccc2)cc1. The van der Waals surface area contributed by atoms with Gasteiger partial charge in [0.2, 0.25) is 0 Å². The van der Waals surface area contributed by atoms with Crippen LogP contribution in [0.4, 0.5) is 10.5 Å². The normalized spacial score (nSPS) is 20.4. The first kappa shape index (κ1) is 19.3. The van der Waals surface area contributed by atoms with Crippen molar-refractivity contribution in [1.82, 2.24) is 10.2 Å². The van der Waals surface area contributed by atoms with Gasteiger partial charge in [0.1, 0.15) is 17.5 Å². The van der Waals surface area contributed by atoms with Gasteiger partial charge >= 0.3 is 6.03 Å². The van der Waals surface area contributed by atoms with Crippen molar-refractivity contribution in [3.05, 3.63) is 77.0 Å². The van der Waals surface area contributed by atoms with Crippen molar-refractivity contribution in [3.8, 4) is 11.5 Å². The van der Waals surface area contributed by atoms with Crippen LogP contribution in [0.15, 0.2) is 72.1 Å². The molecule has 3 heterocycles. The van der Waals surface area contributed by atoms with Gasteiger partial charge in [0, 0.05) is 6.54 Å². The monoisotopic (exact) mass is 433 g/mol. The number of rotatable bonds is 4. The van der Waals surface area contributed by atoms with Gasteiger partial charge in [0.25, 0.3) is 11.8 Å². The maximum atomic E-state index is 13.3. The van der Waals surface area contributed by atoms with E-state index >= 15 is 0 Å². The molecule has 8 heteroatoms. The minimum Gasteiger partial charge on any atom is -0.457 e. The highest BCUT2D eigenvalue weighted by molar-refractivity contribution is 7.12. The third-order valence-electron chi connectivity index (χ3n) is 5.45. The van der Waals surface area contributed by atoms with E-state index in [2.05, 4.69) is 5.32 Å². The number of urea groups is 1. The highest BCUT2D eigenvalue weighted by Gasteiger charge is 2.50. The molecule has 0 bridgehead atoms. The number of nitrogens with zero attached hydrogens (tertiary/aromatic N) is 2. The first-order valence-corrected chi connectivity index (χ1v) is 10.8. The van der Waals surface area contributed by atoms with Crippen LogP contribution in [0.3, 0.4) is 0 Å². The number of hydrogen-bond donors (Lipinski definition) is 1. The molecule has 2 aliphatic heterocycles. The van der Waals surface area contributed by atoms with E-state index in [4.69, 9.17) is 4.74 Å². The number of ether oxygens (including phenoxy) is 1. The molecule has 0 saturated carbocycles. The first-order chi connectivity index (χ1) is 15.1. The van der Waals surface area contributed by atoms with Crippen LogP contribution >= 0.6 is 11.3 Å². The Labute approximate surface area is 182 Å². The van der Waals surface area contributed by atoms with Crippen LogP contribution in [-0.4, -0.2) is 41.4 Å². The summed E-state index contributed by atoms with van der Waals surface area (Å²) in [4.78, 5) is 42.2. The lowest BCUT2D eigenvalue weighted by molar-refractivity contribution is -0.122. The fourth-order valence-corrected chi connectivity index (χ4v) is 4.69. The molecule has 31 heavy (non-hydrogen) atoms. The number of carbonyl (C=O) groups excluding carboxylic acids is 3. The molecule has 3 aromatic rings.